The van der Waals surface area contributed by atoms with Gasteiger partial charge >= 0.3 is 0 Å². The maximum Gasteiger partial charge on any atom is 0.239 e. The molecule has 1 heterocycles. The van der Waals surface area contributed by atoms with Gasteiger partial charge in [0, 0.05) is 19.0 Å². The summed E-state index contributed by atoms with van der Waals surface area (Å²) in [6.45, 7) is 3.77. The number of carbonyl (C=O) groups excluding carboxylic acids is 1. The molecule has 0 aliphatic carbocycles. The highest BCUT2D eigenvalue weighted by Crippen LogP contribution is 2.31. The SMILES string of the molecule is CC(=O)N1[C@H](Nc2ccccc2)C[C@H](C)N1c1ccccc1. The summed E-state index contributed by atoms with van der Waals surface area (Å²) >= 11 is 0. The molecule has 0 radical (unpaired) electrons. The Morgan fingerprint density at radius 3 is 2.23 bits per heavy atom. The van der Waals surface area contributed by atoms with E-state index < -0.39 is 0 Å². The van der Waals surface area contributed by atoms with Gasteiger partial charge in [0.2, 0.25) is 5.91 Å². The number of hydrazine groups is 1. The molecule has 4 heteroatoms. The zero-order valence-corrected chi connectivity index (χ0v) is 12.9. The van der Waals surface area contributed by atoms with Crippen molar-refractivity contribution in [2.45, 2.75) is 32.5 Å². The third-order valence-electron chi connectivity index (χ3n) is 3.96. The van der Waals surface area contributed by atoms with Crippen LogP contribution in [0.3, 0.4) is 0 Å². The summed E-state index contributed by atoms with van der Waals surface area (Å²) in [5.41, 5.74) is 2.07. The van der Waals surface area contributed by atoms with Gasteiger partial charge < -0.3 is 5.32 Å². The predicted molar refractivity (Wildman–Crippen MR) is 89.4 cm³/mol. The van der Waals surface area contributed by atoms with Crippen LogP contribution in [0.5, 0.6) is 0 Å². The van der Waals surface area contributed by atoms with Crippen LogP contribution in [0.1, 0.15) is 20.3 Å². The fourth-order valence-electron chi connectivity index (χ4n) is 3.06. The highest BCUT2D eigenvalue weighted by molar-refractivity contribution is 5.77. The number of rotatable bonds is 3. The summed E-state index contributed by atoms with van der Waals surface area (Å²) < 4.78 is 0. The molecule has 4 nitrogen and oxygen atoms in total. The van der Waals surface area contributed by atoms with Crippen LogP contribution >= 0.6 is 0 Å². The molecule has 1 aliphatic heterocycles. The molecule has 0 saturated carbocycles. The molecule has 0 unspecified atom stereocenters. The van der Waals surface area contributed by atoms with Crippen molar-refractivity contribution in [3.05, 3.63) is 60.7 Å². The Balaban J connectivity index is 1.88. The van der Waals surface area contributed by atoms with Gasteiger partial charge in [-0.15, -0.1) is 0 Å². The Kier molecular flexibility index (Phi) is 4.00. The second-order valence-electron chi connectivity index (χ2n) is 5.65. The fourth-order valence-corrected chi connectivity index (χ4v) is 3.06. The number of nitrogens with zero attached hydrogens (tertiary/aromatic N) is 2. The van der Waals surface area contributed by atoms with Gasteiger partial charge in [-0.05, 0) is 31.2 Å². The first-order valence-corrected chi connectivity index (χ1v) is 7.62. The topological polar surface area (TPSA) is 35.6 Å². The van der Waals surface area contributed by atoms with Crippen molar-refractivity contribution in [1.29, 1.82) is 0 Å². The number of hydrogen-bond acceptors (Lipinski definition) is 3. The molecule has 2 aromatic rings. The molecule has 1 saturated heterocycles. The van der Waals surface area contributed by atoms with E-state index in [2.05, 4.69) is 17.2 Å². The number of nitrogens with one attached hydrogen (secondary N) is 1. The Labute approximate surface area is 131 Å². The van der Waals surface area contributed by atoms with Gasteiger partial charge in [-0.2, -0.15) is 0 Å². The molecule has 114 valence electrons. The molecule has 0 bridgehead atoms. The number of benzene rings is 2. The van der Waals surface area contributed by atoms with E-state index in [1.54, 1.807) is 6.92 Å². The molecule has 1 aliphatic rings. The minimum atomic E-state index is -0.0323. The van der Waals surface area contributed by atoms with Crippen LogP contribution in [0.2, 0.25) is 0 Å². The molecule has 1 amide bonds. The third kappa shape index (κ3) is 2.77. The summed E-state index contributed by atoms with van der Waals surface area (Å²) in [5.74, 6) is 0.0432. The largest absolute Gasteiger partial charge is 0.364 e. The number of hydrogen-bond donors (Lipinski definition) is 1. The Morgan fingerprint density at radius 2 is 1.64 bits per heavy atom. The minimum absolute atomic E-state index is 0.0323. The highest BCUT2D eigenvalue weighted by atomic mass is 16.2. The van der Waals surface area contributed by atoms with Crippen LogP contribution in [0, 0.1) is 0 Å². The standard InChI is InChI=1S/C18H21N3O/c1-14-13-18(19-16-9-5-3-6-10-16)21(15(2)22)20(14)17-11-7-4-8-12-17/h3-12,14,18-19H,13H2,1-2H3/t14-,18-/m0/s1. The van der Waals surface area contributed by atoms with E-state index in [1.807, 2.05) is 65.7 Å². The third-order valence-corrected chi connectivity index (χ3v) is 3.96. The van der Waals surface area contributed by atoms with Gasteiger partial charge in [-0.3, -0.25) is 9.80 Å². The van der Waals surface area contributed by atoms with Gasteiger partial charge in [0.1, 0.15) is 6.17 Å². The predicted octanol–water partition coefficient (Wildman–Crippen LogP) is 3.49. The maximum atomic E-state index is 12.2. The van der Waals surface area contributed by atoms with E-state index in [0.717, 1.165) is 17.8 Å². The lowest BCUT2D eigenvalue weighted by Gasteiger charge is -2.35. The van der Waals surface area contributed by atoms with Crippen LogP contribution in [0.4, 0.5) is 11.4 Å². The van der Waals surface area contributed by atoms with Gasteiger partial charge in [-0.1, -0.05) is 36.4 Å². The van der Waals surface area contributed by atoms with E-state index >= 15 is 0 Å². The van der Waals surface area contributed by atoms with Gasteiger partial charge in [0.15, 0.2) is 0 Å². The maximum absolute atomic E-state index is 12.2. The molecule has 0 aromatic heterocycles. The summed E-state index contributed by atoms with van der Waals surface area (Å²) in [6, 6.07) is 20.3. The van der Waals surface area contributed by atoms with Crippen molar-refractivity contribution < 1.29 is 4.79 Å². The lowest BCUT2D eigenvalue weighted by Crippen LogP contribution is -2.48. The van der Waals surface area contributed by atoms with Crippen molar-refractivity contribution in [2.24, 2.45) is 0 Å². The normalized spacial score (nSPS) is 21.0. The zero-order valence-electron chi connectivity index (χ0n) is 12.9. The monoisotopic (exact) mass is 295 g/mol. The molecule has 1 fully saturated rings. The summed E-state index contributed by atoms with van der Waals surface area (Å²) in [4.78, 5) is 12.2. The fraction of sp³-hybridized carbons (Fsp3) is 0.278. The summed E-state index contributed by atoms with van der Waals surface area (Å²) in [5, 5.41) is 7.38. The number of amides is 1. The Morgan fingerprint density at radius 1 is 1.05 bits per heavy atom. The molecular weight excluding hydrogens is 274 g/mol. The molecule has 2 atom stereocenters. The molecule has 0 spiro atoms. The first kappa shape index (κ1) is 14.4. The number of anilines is 2. The van der Waals surface area contributed by atoms with Crippen molar-refractivity contribution in [3.63, 3.8) is 0 Å². The van der Waals surface area contributed by atoms with E-state index in [4.69, 9.17) is 0 Å². The second kappa shape index (κ2) is 6.10. The van der Waals surface area contributed by atoms with Gasteiger partial charge in [0.25, 0.3) is 0 Å². The molecule has 3 rings (SSSR count). The van der Waals surface area contributed by atoms with E-state index in [9.17, 15) is 4.79 Å². The smallest absolute Gasteiger partial charge is 0.239 e. The Bertz CT molecular complexity index is 629. The van der Waals surface area contributed by atoms with Crippen LogP contribution < -0.4 is 10.3 Å². The van der Waals surface area contributed by atoms with Crippen LogP contribution in [-0.4, -0.2) is 23.1 Å². The average molecular weight is 295 g/mol. The van der Waals surface area contributed by atoms with E-state index in [1.165, 1.54) is 0 Å². The van der Waals surface area contributed by atoms with Crippen molar-refractivity contribution >= 4 is 17.3 Å². The molecule has 2 aromatic carbocycles. The first-order chi connectivity index (χ1) is 10.7. The van der Waals surface area contributed by atoms with Crippen molar-refractivity contribution in [3.8, 4) is 0 Å². The molecular formula is C18H21N3O. The quantitative estimate of drug-likeness (QED) is 0.941. The molecule has 1 N–H and O–H groups in total. The van der Waals surface area contributed by atoms with E-state index in [-0.39, 0.29) is 18.1 Å². The summed E-state index contributed by atoms with van der Waals surface area (Å²) in [7, 11) is 0. The highest BCUT2D eigenvalue weighted by Gasteiger charge is 2.38. The number of carbonyl (C=O) groups is 1. The molecule has 22 heavy (non-hydrogen) atoms. The van der Waals surface area contributed by atoms with Gasteiger partial charge in [0.05, 0.1) is 11.7 Å². The van der Waals surface area contributed by atoms with Gasteiger partial charge in [-0.25, -0.2) is 5.01 Å². The van der Waals surface area contributed by atoms with Crippen molar-refractivity contribution in [1.82, 2.24) is 5.01 Å². The lowest BCUT2D eigenvalue weighted by molar-refractivity contribution is -0.129. The average Bonchev–Trinajstić information content (AvgIpc) is 2.85. The summed E-state index contributed by atoms with van der Waals surface area (Å²) in [6.07, 6.45) is 0.846. The van der Waals surface area contributed by atoms with Crippen LogP contribution in [0.15, 0.2) is 60.7 Å². The lowest BCUT2D eigenvalue weighted by atomic mass is 10.2. The Hall–Kier alpha value is -2.49. The number of para-hydroxylation sites is 2. The van der Waals surface area contributed by atoms with Crippen LogP contribution in [-0.2, 0) is 4.79 Å². The van der Waals surface area contributed by atoms with Crippen molar-refractivity contribution in [2.75, 3.05) is 10.3 Å². The first-order valence-electron chi connectivity index (χ1n) is 7.62. The van der Waals surface area contributed by atoms with Crippen LogP contribution in [0.25, 0.3) is 0 Å². The second-order valence-corrected chi connectivity index (χ2v) is 5.65. The van der Waals surface area contributed by atoms with E-state index in [0.29, 0.717) is 0 Å². The minimum Gasteiger partial charge on any atom is -0.364 e. The zero-order chi connectivity index (χ0) is 15.5.